The van der Waals surface area contributed by atoms with Gasteiger partial charge in [-0.05, 0) is 24.0 Å². The maximum absolute atomic E-state index is 12.0. The monoisotopic (exact) mass is 276 g/mol. The van der Waals surface area contributed by atoms with E-state index in [0.717, 1.165) is 12.8 Å². The summed E-state index contributed by atoms with van der Waals surface area (Å²) in [5.41, 5.74) is 2.54. The third-order valence-electron chi connectivity index (χ3n) is 3.63. The third kappa shape index (κ3) is 2.61. The van der Waals surface area contributed by atoms with E-state index in [2.05, 4.69) is 17.4 Å². The number of amides is 2. The van der Waals surface area contributed by atoms with Crippen LogP contribution in [0.3, 0.4) is 0 Å². The normalized spacial score (nSPS) is 21.6. The van der Waals surface area contributed by atoms with Crippen LogP contribution >= 0.6 is 11.8 Å². The number of aryl methyl sites for hydroxylation is 1. The molecule has 1 aliphatic heterocycles. The summed E-state index contributed by atoms with van der Waals surface area (Å²) in [5.74, 6) is 1.14. The van der Waals surface area contributed by atoms with Crippen LogP contribution in [0.15, 0.2) is 24.3 Å². The Hall–Kier alpha value is -1.49. The molecule has 0 unspecified atom stereocenters. The third-order valence-corrected chi connectivity index (χ3v) is 4.57. The highest BCUT2D eigenvalue weighted by molar-refractivity contribution is 8.00. The summed E-state index contributed by atoms with van der Waals surface area (Å²) in [4.78, 5) is 25.1. The molecule has 3 rings (SSSR count). The van der Waals surface area contributed by atoms with Crippen molar-refractivity contribution < 1.29 is 9.59 Å². The van der Waals surface area contributed by atoms with E-state index >= 15 is 0 Å². The van der Waals surface area contributed by atoms with Crippen LogP contribution in [0.2, 0.25) is 0 Å². The molecule has 2 amide bonds. The number of benzene rings is 1. The van der Waals surface area contributed by atoms with Crippen LogP contribution in [-0.2, 0) is 16.0 Å². The minimum absolute atomic E-state index is 0.0578. The minimum atomic E-state index is -0.0578. The first-order valence-corrected chi connectivity index (χ1v) is 7.62. The van der Waals surface area contributed by atoms with Crippen LogP contribution in [0.5, 0.6) is 0 Å². The molecule has 0 aromatic heterocycles. The average Bonchev–Trinajstić information content (AvgIpc) is 2.98. The predicted octanol–water partition coefficient (Wildman–Crippen LogP) is 1.32. The summed E-state index contributed by atoms with van der Waals surface area (Å²) in [6, 6.07) is 8.33. The number of hydrogen-bond donors (Lipinski definition) is 1. The maximum Gasteiger partial charge on any atom is 0.240 e. The molecule has 1 saturated heterocycles. The van der Waals surface area contributed by atoms with Gasteiger partial charge in [-0.15, -0.1) is 11.8 Å². The van der Waals surface area contributed by atoms with Crippen LogP contribution < -0.4 is 5.32 Å². The number of nitrogens with zero attached hydrogens (tertiary/aromatic N) is 1. The second kappa shape index (κ2) is 5.25. The first-order chi connectivity index (χ1) is 9.24. The Labute approximate surface area is 116 Å². The van der Waals surface area contributed by atoms with Crippen molar-refractivity contribution in [2.75, 3.05) is 18.2 Å². The summed E-state index contributed by atoms with van der Waals surface area (Å²) in [6.07, 6.45) is 1.97. The van der Waals surface area contributed by atoms with Gasteiger partial charge in [0.2, 0.25) is 11.8 Å². The van der Waals surface area contributed by atoms with Crippen molar-refractivity contribution in [2.24, 2.45) is 0 Å². The zero-order valence-corrected chi connectivity index (χ0v) is 11.4. The SMILES string of the molecule is O=C(CN1CSCC1=O)N[C@@H]1CCc2ccccc21. The van der Waals surface area contributed by atoms with E-state index in [1.54, 1.807) is 16.7 Å². The van der Waals surface area contributed by atoms with Crippen molar-refractivity contribution in [2.45, 2.75) is 18.9 Å². The van der Waals surface area contributed by atoms with Crippen LogP contribution in [0.1, 0.15) is 23.6 Å². The highest BCUT2D eigenvalue weighted by Gasteiger charge is 2.26. The summed E-state index contributed by atoms with van der Waals surface area (Å²) in [6.45, 7) is 0.185. The fourth-order valence-corrected chi connectivity index (χ4v) is 3.56. The zero-order chi connectivity index (χ0) is 13.2. The van der Waals surface area contributed by atoms with Crippen molar-refractivity contribution in [3.63, 3.8) is 0 Å². The summed E-state index contributed by atoms with van der Waals surface area (Å²) in [5, 5.41) is 3.04. The number of carbonyl (C=O) groups excluding carboxylic acids is 2. The second-order valence-corrected chi connectivity index (χ2v) is 5.88. The van der Waals surface area contributed by atoms with Crippen LogP contribution in [0.25, 0.3) is 0 Å². The molecular formula is C14H16N2O2S. The van der Waals surface area contributed by atoms with Gasteiger partial charge in [-0.25, -0.2) is 0 Å². The van der Waals surface area contributed by atoms with E-state index in [1.807, 2.05) is 12.1 Å². The standard InChI is InChI=1S/C14H16N2O2S/c17-13(7-16-9-19-8-14(16)18)15-12-6-5-10-3-1-2-4-11(10)12/h1-4,12H,5-9H2,(H,15,17)/t12-/m1/s1. The maximum atomic E-state index is 12.0. The largest absolute Gasteiger partial charge is 0.348 e. The molecule has 1 fully saturated rings. The fraction of sp³-hybridized carbons (Fsp3) is 0.429. The molecule has 0 spiro atoms. The quantitative estimate of drug-likeness (QED) is 0.906. The molecule has 2 aliphatic rings. The summed E-state index contributed by atoms with van der Waals surface area (Å²) >= 11 is 1.56. The highest BCUT2D eigenvalue weighted by Crippen LogP contribution is 2.30. The lowest BCUT2D eigenvalue weighted by Gasteiger charge is -2.18. The molecule has 4 nitrogen and oxygen atoms in total. The van der Waals surface area contributed by atoms with E-state index in [-0.39, 0.29) is 24.4 Å². The van der Waals surface area contributed by atoms with Crippen LogP contribution in [0.4, 0.5) is 0 Å². The van der Waals surface area contributed by atoms with Crippen molar-refractivity contribution in [1.82, 2.24) is 10.2 Å². The van der Waals surface area contributed by atoms with Gasteiger partial charge in [-0.3, -0.25) is 9.59 Å². The van der Waals surface area contributed by atoms with Crippen LogP contribution in [-0.4, -0.2) is 34.9 Å². The van der Waals surface area contributed by atoms with Gasteiger partial charge in [0.15, 0.2) is 0 Å². The Kier molecular flexibility index (Phi) is 3.46. The van der Waals surface area contributed by atoms with E-state index in [4.69, 9.17) is 0 Å². The molecule has 1 aromatic rings. The lowest BCUT2D eigenvalue weighted by atomic mass is 10.1. The van der Waals surface area contributed by atoms with Crippen molar-refractivity contribution in [1.29, 1.82) is 0 Å². The van der Waals surface area contributed by atoms with Crippen molar-refractivity contribution >= 4 is 23.6 Å². The molecule has 1 N–H and O–H groups in total. The molecule has 1 aliphatic carbocycles. The number of hydrogen-bond acceptors (Lipinski definition) is 3. The molecule has 5 heteroatoms. The molecule has 1 aromatic carbocycles. The minimum Gasteiger partial charge on any atom is -0.348 e. The van der Waals surface area contributed by atoms with Gasteiger partial charge in [-0.2, -0.15) is 0 Å². The number of rotatable bonds is 3. The Morgan fingerprint density at radius 3 is 3.05 bits per heavy atom. The van der Waals surface area contributed by atoms with Crippen molar-refractivity contribution in [3.8, 4) is 0 Å². The Bertz CT molecular complexity index is 518. The molecule has 19 heavy (non-hydrogen) atoms. The van der Waals surface area contributed by atoms with E-state index in [9.17, 15) is 9.59 Å². The van der Waals surface area contributed by atoms with Gasteiger partial charge < -0.3 is 10.2 Å². The average molecular weight is 276 g/mol. The zero-order valence-electron chi connectivity index (χ0n) is 10.6. The number of carbonyl (C=O) groups is 2. The Balaban J connectivity index is 1.60. The molecule has 0 bridgehead atoms. The van der Waals surface area contributed by atoms with Gasteiger partial charge in [0.25, 0.3) is 0 Å². The second-order valence-electron chi connectivity index (χ2n) is 4.93. The highest BCUT2D eigenvalue weighted by atomic mass is 32.2. The topological polar surface area (TPSA) is 49.4 Å². The Morgan fingerprint density at radius 2 is 2.26 bits per heavy atom. The molecular weight excluding hydrogens is 260 g/mol. The number of nitrogens with one attached hydrogen (secondary N) is 1. The number of thioether (sulfide) groups is 1. The summed E-state index contributed by atoms with van der Waals surface area (Å²) < 4.78 is 0. The van der Waals surface area contributed by atoms with E-state index in [0.29, 0.717) is 11.6 Å². The summed E-state index contributed by atoms with van der Waals surface area (Å²) in [7, 11) is 0. The first kappa shape index (κ1) is 12.5. The van der Waals surface area contributed by atoms with Gasteiger partial charge in [0.1, 0.15) is 6.54 Å². The van der Waals surface area contributed by atoms with Gasteiger partial charge in [0.05, 0.1) is 17.7 Å². The van der Waals surface area contributed by atoms with Crippen molar-refractivity contribution in [3.05, 3.63) is 35.4 Å². The molecule has 0 saturated carbocycles. The number of fused-ring (bicyclic) bond motifs is 1. The van der Waals surface area contributed by atoms with Gasteiger partial charge in [0, 0.05) is 0 Å². The van der Waals surface area contributed by atoms with E-state index in [1.165, 1.54) is 11.1 Å². The van der Waals surface area contributed by atoms with Gasteiger partial charge >= 0.3 is 0 Å². The molecule has 1 atom stereocenters. The fourth-order valence-electron chi connectivity index (χ4n) is 2.66. The first-order valence-electron chi connectivity index (χ1n) is 6.47. The lowest BCUT2D eigenvalue weighted by molar-refractivity contribution is -0.132. The Morgan fingerprint density at radius 1 is 1.42 bits per heavy atom. The van der Waals surface area contributed by atoms with E-state index < -0.39 is 0 Å². The molecule has 0 radical (unpaired) electrons. The molecule has 100 valence electrons. The predicted molar refractivity (Wildman–Crippen MR) is 74.7 cm³/mol. The molecule has 1 heterocycles. The van der Waals surface area contributed by atoms with Crippen LogP contribution in [0, 0.1) is 0 Å². The smallest absolute Gasteiger partial charge is 0.240 e. The lowest BCUT2D eigenvalue weighted by Crippen LogP contribution is -2.39. The van der Waals surface area contributed by atoms with Gasteiger partial charge in [-0.1, -0.05) is 24.3 Å².